The van der Waals surface area contributed by atoms with E-state index in [0.717, 1.165) is 11.1 Å². The van der Waals surface area contributed by atoms with Crippen LogP contribution in [0.25, 0.3) is 0 Å². The Morgan fingerprint density at radius 3 is 2.04 bits per heavy atom. The molecule has 2 aromatic rings. The predicted molar refractivity (Wildman–Crippen MR) is 104 cm³/mol. The molecule has 0 aliphatic carbocycles. The first kappa shape index (κ1) is 20.5. The zero-order valence-corrected chi connectivity index (χ0v) is 16.1. The van der Waals surface area contributed by atoms with E-state index in [1.165, 1.54) is 0 Å². The van der Waals surface area contributed by atoms with Crippen molar-refractivity contribution in [2.45, 2.75) is 51.9 Å². The molecule has 1 amide bonds. The summed E-state index contributed by atoms with van der Waals surface area (Å²) in [6.45, 7) is 5.50. The minimum absolute atomic E-state index is 0.164. The highest BCUT2D eigenvalue weighted by Gasteiger charge is 2.25. The third-order valence-corrected chi connectivity index (χ3v) is 3.76. The van der Waals surface area contributed by atoms with Gasteiger partial charge in [-0.15, -0.1) is 0 Å². The van der Waals surface area contributed by atoms with Gasteiger partial charge in [-0.05, 0) is 44.7 Å². The largest absolute Gasteiger partial charge is 0.459 e. The maximum atomic E-state index is 12.5. The monoisotopic (exact) mass is 369 g/mol. The highest BCUT2D eigenvalue weighted by atomic mass is 16.6. The molecule has 5 heteroatoms. The Morgan fingerprint density at radius 1 is 0.926 bits per heavy atom. The van der Waals surface area contributed by atoms with Gasteiger partial charge in [0.2, 0.25) is 0 Å². The van der Waals surface area contributed by atoms with Crippen molar-refractivity contribution in [1.29, 1.82) is 0 Å². The lowest BCUT2D eigenvalue weighted by Crippen LogP contribution is -2.44. The average Bonchev–Trinajstić information content (AvgIpc) is 2.63. The third-order valence-electron chi connectivity index (χ3n) is 3.76. The van der Waals surface area contributed by atoms with Crippen LogP contribution in [0.1, 0.15) is 38.3 Å². The van der Waals surface area contributed by atoms with Gasteiger partial charge in [0.25, 0.3) is 0 Å². The second-order valence-electron chi connectivity index (χ2n) is 7.32. The van der Waals surface area contributed by atoms with Crippen LogP contribution >= 0.6 is 0 Å². The van der Waals surface area contributed by atoms with Gasteiger partial charge in [0.1, 0.15) is 18.2 Å². The quantitative estimate of drug-likeness (QED) is 0.741. The van der Waals surface area contributed by atoms with Gasteiger partial charge in [0.15, 0.2) is 0 Å². The summed E-state index contributed by atoms with van der Waals surface area (Å²) in [5, 5.41) is 2.64. The van der Waals surface area contributed by atoms with Crippen molar-refractivity contribution >= 4 is 12.1 Å². The summed E-state index contributed by atoms with van der Waals surface area (Å²) in [5.74, 6) is -0.472. The molecule has 0 saturated heterocycles. The Hall–Kier alpha value is -2.82. The number of alkyl carbamates (subject to hydrolysis) is 1. The van der Waals surface area contributed by atoms with Crippen LogP contribution in [0.3, 0.4) is 0 Å². The number of carbonyl (C=O) groups excluding carboxylic acids is 2. The van der Waals surface area contributed by atoms with E-state index in [9.17, 15) is 9.59 Å². The zero-order valence-electron chi connectivity index (χ0n) is 16.1. The third kappa shape index (κ3) is 7.94. The van der Waals surface area contributed by atoms with E-state index in [-0.39, 0.29) is 6.61 Å². The second kappa shape index (κ2) is 9.76. The molecule has 5 nitrogen and oxygen atoms in total. The lowest BCUT2D eigenvalue weighted by Gasteiger charge is -2.23. The van der Waals surface area contributed by atoms with Crippen molar-refractivity contribution < 1.29 is 19.1 Å². The number of aryl methyl sites for hydroxylation is 1. The molecular weight excluding hydrogens is 342 g/mol. The van der Waals surface area contributed by atoms with Gasteiger partial charge in [0, 0.05) is 0 Å². The van der Waals surface area contributed by atoms with Gasteiger partial charge in [-0.1, -0.05) is 60.7 Å². The first-order chi connectivity index (χ1) is 12.8. The number of carbonyl (C=O) groups is 2. The summed E-state index contributed by atoms with van der Waals surface area (Å²) in [5.41, 5.74) is 1.34. The van der Waals surface area contributed by atoms with E-state index < -0.39 is 23.7 Å². The number of benzene rings is 2. The van der Waals surface area contributed by atoms with Gasteiger partial charge >= 0.3 is 12.1 Å². The molecular formula is C22H27NO4. The summed E-state index contributed by atoms with van der Waals surface area (Å²) in [7, 11) is 0. The standard InChI is InChI=1S/C22H27NO4/c1-22(2,3)27-21(25)23-19(15-14-17-10-6-4-7-11-17)20(24)26-16-18-12-8-5-9-13-18/h4-13,19H,14-16H2,1-3H3,(H,23,25)/t19-/m0/s1. The summed E-state index contributed by atoms with van der Waals surface area (Å²) in [4.78, 5) is 24.7. The molecule has 144 valence electrons. The molecule has 0 radical (unpaired) electrons. The minimum Gasteiger partial charge on any atom is -0.459 e. The van der Waals surface area contributed by atoms with Gasteiger partial charge in [0.05, 0.1) is 0 Å². The molecule has 0 fully saturated rings. The first-order valence-corrected chi connectivity index (χ1v) is 9.07. The smallest absolute Gasteiger partial charge is 0.408 e. The van der Waals surface area contributed by atoms with Gasteiger partial charge in [-0.25, -0.2) is 9.59 Å². The first-order valence-electron chi connectivity index (χ1n) is 9.07. The molecule has 0 unspecified atom stereocenters. The lowest BCUT2D eigenvalue weighted by molar-refractivity contribution is -0.147. The van der Waals surface area contributed by atoms with Crippen LogP contribution in [-0.2, 0) is 27.3 Å². The molecule has 0 spiro atoms. The maximum absolute atomic E-state index is 12.5. The fraction of sp³-hybridized carbons (Fsp3) is 0.364. The lowest BCUT2D eigenvalue weighted by atomic mass is 10.1. The number of amides is 1. The number of hydrogen-bond donors (Lipinski definition) is 1. The van der Waals surface area contributed by atoms with Crippen molar-refractivity contribution in [2.24, 2.45) is 0 Å². The van der Waals surface area contributed by atoms with E-state index >= 15 is 0 Å². The van der Waals surface area contributed by atoms with Gasteiger partial charge < -0.3 is 14.8 Å². The van der Waals surface area contributed by atoms with E-state index in [4.69, 9.17) is 9.47 Å². The normalized spacial score (nSPS) is 12.1. The molecule has 0 heterocycles. The minimum atomic E-state index is -0.774. The van der Waals surface area contributed by atoms with Crippen LogP contribution in [-0.4, -0.2) is 23.7 Å². The van der Waals surface area contributed by atoms with Crippen LogP contribution in [0.5, 0.6) is 0 Å². The number of nitrogens with one attached hydrogen (secondary N) is 1. The molecule has 0 saturated carbocycles. The van der Waals surface area contributed by atoms with Crippen LogP contribution in [0, 0.1) is 0 Å². The molecule has 0 aliphatic rings. The Labute approximate surface area is 160 Å². The fourth-order valence-corrected chi connectivity index (χ4v) is 2.48. The van der Waals surface area contributed by atoms with Crippen molar-refractivity contribution in [3.63, 3.8) is 0 Å². The zero-order chi connectivity index (χ0) is 19.7. The molecule has 2 rings (SSSR count). The van der Waals surface area contributed by atoms with Crippen LogP contribution in [0.4, 0.5) is 4.79 Å². The summed E-state index contributed by atoms with van der Waals surface area (Å²) in [6, 6.07) is 18.5. The highest BCUT2D eigenvalue weighted by molar-refractivity contribution is 5.81. The highest BCUT2D eigenvalue weighted by Crippen LogP contribution is 2.11. The number of rotatable bonds is 7. The van der Waals surface area contributed by atoms with Crippen molar-refractivity contribution in [3.8, 4) is 0 Å². The fourth-order valence-electron chi connectivity index (χ4n) is 2.48. The predicted octanol–water partition coefficient (Wildman–Crippen LogP) is 4.26. The van der Waals surface area contributed by atoms with Crippen molar-refractivity contribution in [3.05, 3.63) is 71.8 Å². The Bertz CT molecular complexity index is 723. The van der Waals surface area contributed by atoms with E-state index in [1.807, 2.05) is 60.7 Å². The van der Waals surface area contributed by atoms with Crippen LogP contribution in [0.2, 0.25) is 0 Å². The Morgan fingerprint density at radius 2 is 1.48 bits per heavy atom. The SMILES string of the molecule is CC(C)(C)OC(=O)N[C@@H](CCc1ccccc1)C(=O)OCc1ccccc1. The van der Waals surface area contributed by atoms with Crippen LogP contribution in [0.15, 0.2) is 60.7 Å². The van der Waals surface area contributed by atoms with Crippen molar-refractivity contribution in [2.75, 3.05) is 0 Å². The maximum Gasteiger partial charge on any atom is 0.408 e. The molecule has 1 atom stereocenters. The number of hydrogen-bond acceptors (Lipinski definition) is 4. The number of ether oxygens (including phenoxy) is 2. The molecule has 27 heavy (non-hydrogen) atoms. The molecule has 0 aliphatic heterocycles. The van der Waals surface area contributed by atoms with E-state index in [2.05, 4.69) is 5.32 Å². The molecule has 0 bridgehead atoms. The molecule has 0 aromatic heterocycles. The van der Waals surface area contributed by atoms with Crippen molar-refractivity contribution in [1.82, 2.24) is 5.32 Å². The molecule has 2 aromatic carbocycles. The Balaban J connectivity index is 1.98. The average molecular weight is 369 g/mol. The second-order valence-corrected chi connectivity index (χ2v) is 7.32. The molecule has 1 N–H and O–H groups in total. The topological polar surface area (TPSA) is 64.6 Å². The van der Waals surface area contributed by atoms with E-state index in [0.29, 0.717) is 12.8 Å². The summed E-state index contributed by atoms with van der Waals surface area (Å²) in [6.07, 6.45) is 0.441. The van der Waals surface area contributed by atoms with E-state index in [1.54, 1.807) is 20.8 Å². The Kier molecular flexibility index (Phi) is 7.41. The van der Waals surface area contributed by atoms with Gasteiger partial charge in [-0.2, -0.15) is 0 Å². The number of esters is 1. The van der Waals surface area contributed by atoms with Gasteiger partial charge in [-0.3, -0.25) is 0 Å². The summed E-state index contributed by atoms with van der Waals surface area (Å²) >= 11 is 0. The van der Waals surface area contributed by atoms with Crippen LogP contribution < -0.4 is 5.32 Å². The summed E-state index contributed by atoms with van der Waals surface area (Å²) < 4.78 is 10.7.